The van der Waals surface area contributed by atoms with Crippen molar-refractivity contribution in [2.45, 2.75) is 39.7 Å². The van der Waals surface area contributed by atoms with Crippen LogP contribution >= 0.6 is 0 Å². The van der Waals surface area contributed by atoms with Crippen molar-refractivity contribution in [2.75, 3.05) is 11.1 Å². The number of hydrogen-bond acceptors (Lipinski definition) is 2. The number of carbonyl (C=O) groups is 1. The van der Waals surface area contributed by atoms with Gasteiger partial charge in [0.2, 0.25) is 0 Å². The van der Waals surface area contributed by atoms with Crippen LogP contribution in [0, 0.1) is 0 Å². The second-order valence-corrected chi connectivity index (χ2v) is 6.23. The van der Waals surface area contributed by atoms with E-state index in [1.807, 2.05) is 35.8 Å². The topological polar surface area (TPSA) is 60.0 Å². The molecule has 0 fully saturated rings. The number of nitrogens with zero attached hydrogens (tertiary/aromatic N) is 1. The average Bonchev–Trinajstić information content (AvgIpc) is 2.79. The third-order valence-electron chi connectivity index (χ3n) is 3.50. The summed E-state index contributed by atoms with van der Waals surface area (Å²) in [6.45, 7) is 9.18. The van der Waals surface area contributed by atoms with E-state index in [0.717, 1.165) is 5.69 Å². The van der Waals surface area contributed by atoms with Crippen molar-refractivity contribution in [3.63, 3.8) is 0 Å². The molecule has 0 spiro atoms. The van der Waals surface area contributed by atoms with E-state index in [2.05, 4.69) is 26.1 Å². The number of carbonyl (C=O) groups excluding carboxylic acids is 1. The van der Waals surface area contributed by atoms with Crippen LogP contribution in [0.15, 0.2) is 36.5 Å². The van der Waals surface area contributed by atoms with Gasteiger partial charge in [-0.2, -0.15) is 0 Å². The second-order valence-electron chi connectivity index (χ2n) is 6.23. The summed E-state index contributed by atoms with van der Waals surface area (Å²) < 4.78 is 1.84. The zero-order valence-electron chi connectivity index (χ0n) is 13.1. The number of amides is 1. The number of aromatic nitrogens is 1. The fourth-order valence-corrected chi connectivity index (χ4v) is 2.23. The van der Waals surface area contributed by atoms with Gasteiger partial charge in [-0.05, 0) is 36.1 Å². The largest absolute Gasteiger partial charge is 0.397 e. The Balaban J connectivity index is 2.16. The Kier molecular flexibility index (Phi) is 4.07. The van der Waals surface area contributed by atoms with E-state index < -0.39 is 0 Å². The van der Waals surface area contributed by atoms with E-state index in [1.54, 1.807) is 12.3 Å². The summed E-state index contributed by atoms with van der Waals surface area (Å²) in [5.41, 5.74) is 9.06. The van der Waals surface area contributed by atoms with Gasteiger partial charge < -0.3 is 15.6 Å². The smallest absolute Gasteiger partial charge is 0.272 e. The van der Waals surface area contributed by atoms with Gasteiger partial charge in [-0.3, -0.25) is 4.79 Å². The molecule has 2 rings (SSSR count). The van der Waals surface area contributed by atoms with Gasteiger partial charge in [0.25, 0.3) is 5.91 Å². The Labute approximate surface area is 126 Å². The van der Waals surface area contributed by atoms with Crippen molar-refractivity contribution in [2.24, 2.45) is 0 Å². The summed E-state index contributed by atoms with van der Waals surface area (Å²) in [6.07, 6.45) is 1.78. The van der Waals surface area contributed by atoms with E-state index in [9.17, 15) is 4.79 Å². The molecule has 21 heavy (non-hydrogen) atoms. The number of nitrogen functional groups attached to an aromatic ring is 1. The van der Waals surface area contributed by atoms with E-state index in [4.69, 9.17) is 5.73 Å². The number of nitrogens with one attached hydrogen (secondary N) is 1. The first kappa shape index (κ1) is 15.2. The van der Waals surface area contributed by atoms with Gasteiger partial charge in [-0.1, -0.05) is 32.9 Å². The third-order valence-corrected chi connectivity index (χ3v) is 3.50. The van der Waals surface area contributed by atoms with Gasteiger partial charge in [0.1, 0.15) is 5.69 Å². The molecule has 1 aromatic heterocycles. The van der Waals surface area contributed by atoms with E-state index in [0.29, 0.717) is 17.9 Å². The molecule has 3 N–H and O–H groups in total. The van der Waals surface area contributed by atoms with Crippen LogP contribution in [0.25, 0.3) is 0 Å². The van der Waals surface area contributed by atoms with Crippen LogP contribution in [0.4, 0.5) is 11.4 Å². The molecule has 4 nitrogen and oxygen atoms in total. The molecular formula is C17H23N3O. The van der Waals surface area contributed by atoms with Crippen molar-refractivity contribution in [1.29, 1.82) is 0 Å². The van der Waals surface area contributed by atoms with E-state index in [1.165, 1.54) is 5.56 Å². The average molecular weight is 285 g/mol. The first-order chi connectivity index (χ1) is 9.81. The monoisotopic (exact) mass is 285 g/mol. The molecule has 1 heterocycles. The molecule has 0 bridgehead atoms. The van der Waals surface area contributed by atoms with Gasteiger partial charge in [0, 0.05) is 18.4 Å². The molecule has 4 heteroatoms. The third kappa shape index (κ3) is 3.45. The Bertz CT molecular complexity index is 633. The Morgan fingerprint density at radius 1 is 1.24 bits per heavy atom. The highest BCUT2D eigenvalue weighted by Gasteiger charge is 2.15. The lowest BCUT2D eigenvalue weighted by atomic mass is 9.87. The molecular weight excluding hydrogens is 262 g/mol. The maximum Gasteiger partial charge on any atom is 0.272 e. The number of benzene rings is 1. The zero-order valence-corrected chi connectivity index (χ0v) is 13.1. The Morgan fingerprint density at radius 2 is 1.86 bits per heavy atom. The lowest BCUT2D eigenvalue weighted by Gasteiger charge is -2.19. The predicted molar refractivity (Wildman–Crippen MR) is 87.6 cm³/mol. The molecule has 0 aliphatic rings. The summed E-state index contributed by atoms with van der Waals surface area (Å²) in [5, 5.41) is 2.91. The number of anilines is 2. The lowest BCUT2D eigenvalue weighted by Crippen LogP contribution is -2.16. The van der Waals surface area contributed by atoms with Crippen molar-refractivity contribution in [1.82, 2.24) is 4.57 Å². The van der Waals surface area contributed by atoms with Crippen LogP contribution in [0.5, 0.6) is 0 Å². The van der Waals surface area contributed by atoms with Gasteiger partial charge in [0.15, 0.2) is 0 Å². The molecule has 0 aliphatic heterocycles. The number of hydrogen-bond donors (Lipinski definition) is 2. The van der Waals surface area contributed by atoms with Crippen molar-refractivity contribution < 1.29 is 4.79 Å². The molecule has 0 saturated carbocycles. The first-order valence-electron chi connectivity index (χ1n) is 7.19. The van der Waals surface area contributed by atoms with Gasteiger partial charge in [0.05, 0.1) is 5.69 Å². The van der Waals surface area contributed by atoms with Crippen molar-refractivity contribution in [3.05, 3.63) is 47.8 Å². The highest BCUT2D eigenvalue weighted by molar-refractivity contribution is 6.03. The van der Waals surface area contributed by atoms with Crippen LogP contribution in [0.3, 0.4) is 0 Å². The van der Waals surface area contributed by atoms with Gasteiger partial charge in [-0.15, -0.1) is 0 Å². The highest BCUT2D eigenvalue weighted by atomic mass is 16.1. The minimum absolute atomic E-state index is 0.105. The van der Waals surface area contributed by atoms with Crippen molar-refractivity contribution >= 4 is 17.3 Å². The number of rotatable bonds is 3. The number of aryl methyl sites for hydroxylation is 1. The minimum Gasteiger partial charge on any atom is -0.397 e. The SMILES string of the molecule is CCn1cc(N)cc1C(=O)Nc1ccc(C(C)(C)C)cc1. The molecule has 1 aromatic carbocycles. The summed E-state index contributed by atoms with van der Waals surface area (Å²) in [7, 11) is 0. The lowest BCUT2D eigenvalue weighted by molar-refractivity contribution is 0.101. The number of nitrogens with two attached hydrogens (primary N) is 1. The molecule has 0 aliphatic carbocycles. The molecule has 0 radical (unpaired) electrons. The molecule has 112 valence electrons. The summed E-state index contributed by atoms with van der Waals surface area (Å²) in [6, 6.07) is 9.65. The van der Waals surface area contributed by atoms with Crippen LogP contribution in [0.2, 0.25) is 0 Å². The van der Waals surface area contributed by atoms with Crippen LogP contribution < -0.4 is 11.1 Å². The minimum atomic E-state index is -0.142. The predicted octanol–water partition coefficient (Wildman–Crippen LogP) is 3.64. The van der Waals surface area contributed by atoms with E-state index in [-0.39, 0.29) is 11.3 Å². The Hall–Kier alpha value is -2.23. The zero-order chi connectivity index (χ0) is 15.6. The molecule has 2 aromatic rings. The highest BCUT2D eigenvalue weighted by Crippen LogP contribution is 2.23. The maximum absolute atomic E-state index is 12.3. The van der Waals surface area contributed by atoms with Gasteiger partial charge in [-0.25, -0.2) is 0 Å². The van der Waals surface area contributed by atoms with Crippen molar-refractivity contribution in [3.8, 4) is 0 Å². The maximum atomic E-state index is 12.3. The molecule has 0 saturated heterocycles. The molecule has 0 atom stereocenters. The standard InChI is InChI=1S/C17H23N3O/c1-5-20-11-13(18)10-15(20)16(21)19-14-8-6-12(7-9-14)17(2,3)4/h6-11H,5,18H2,1-4H3,(H,19,21). The summed E-state index contributed by atoms with van der Waals surface area (Å²) in [5.74, 6) is -0.142. The summed E-state index contributed by atoms with van der Waals surface area (Å²) in [4.78, 5) is 12.3. The molecule has 1 amide bonds. The second kappa shape index (κ2) is 5.64. The fraction of sp³-hybridized carbons (Fsp3) is 0.353. The Morgan fingerprint density at radius 3 is 2.38 bits per heavy atom. The summed E-state index contributed by atoms with van der Waals surface area (Å²) >= 11 is 0. The first-order valence-corrected chi connectivity index (χ1v) is 7.19. The quantitative estimate of drug-likeness (QED) is 0.904. The van der Waals surface area contributed by atoms with Crippen LogP contribution in [-0.2, 0) is 12.0 Å². The normalized spacial score (nSPS) is 11.4. The fourth-order valence-electron chi connectivity index (χ4n) is 2.23. The van der Waals surface area contributed by atoms with E-state index >= 15 is 0 Å². The molecule has 0 unspecified atom stereocenters. The van der Waals surface area contributed by atoms with Crippen LogP contribution in [-0.4, -0.2) is 10.5 Å². The van der Waals surface area contributed by atoms with Gasteiger partial charge >= 0.3 is 0 Å². The van der Waals surface area contributed by atoms with Crippen LogP contribution in [0.1, 0.15) is 43.7 Å².